The number of rotatable bonds is 5. The molecule has 0 bridgehead atoms. The molecule has 0 saturated carbocycles. The third-order valence-corrected chi connectivity index (χ3v) is 2.97. The first-order valence-electron chi connectivity index (χ1n) is 6.31. The van der Waals surface area contributed by atoms with Crippen molar-refractivity contribution in [2.75, 3.05) is 0 Å². The second kappa shape index (κ2) is 6.60. The highest BCUT2D eigenvalue weighted by Gasteiger charge is 2.20. The molecule has 0 spiro atoms. The number of nitrogens with one attached hydrogen (secondary N) is 1. The fourth-order valence-corrected chi connectivity index (χ4v) is 1.85. The Morgan fingerprint density at radius 2 is 1.86 bits per heavy atom. The molecule has 1 heterocycles. The first-order valence-corrected chi connectivity index (χ1v) is 6.31. The lowest BCUT2D eigenvalue weighted by atomic mass is 10.0. The zero-order chi connectivity index (χ0) is 15.2. The molecule has 0 fully saturated rings. The van der Waals surface area contributed by atoms with Crippen LogP contribution in [0.3, 0.4) is 0 Å². The number of halogens is 1. The molecule has 0 unspecified atom stereocenters. The summed E-state index contributed by atoms with van der Waals surface area (Å²) in [5, 5.41) is 2.50. The SMILES string of the molecule is NC(=O)[C@@H](Cc1ccccc1F)NC(=O)c1ccncc1. The monoisotopic (exact) mass is 287 g/mol. The first kappa shape index (κ1) is 14.6. The molecule has 0 aliphatic carbocycles. The molecule has 3 N–H and O–H groups in total. The van der Waals surface area contributed by atoms with Crippen LogP contribution in [0.4, 0.5) is 4.39 Å². The summed E-state index contributed by atoms with van der Waals surface area (Å²) in [6.07, 6.45) is 2.93. The molecule has 1 atom stereocenters. The summed E-state index contributed by atoms with van der Waals surface area (Å²) in [6, 6.07) is 8.08. The largest absolute Gasteiger partial charge is 0.368 e. The standard InChI is InChI=1S/C15H14FN3O2/c16-12-4-2-1-3-11(12)9-13(14(17)20)19-15(21)10-5-7-18-8-6-10/h1-8,13H,9H2,(H2,17,20)(H,19,21)/t13-/m1/s1. The van der Waals surface area contributed by atoms with Gasteiger partial charge in [0.1, 0.15) is 11.9 Å². The van der Waals surface area contributed by atoms with Crippen molar-refractivity contribution in [1.82, 2.24) is 10.3 Å². The highest BCUT2D eigenvalue weighted by atomic mass is 19.1. The lowest BCUT2D eigenvalue weighted by molar-refractivity contribution is -0.119. The van der Waals surface area contributed by atoms with E-state index in [1.165, 1.54) is 30.6 Å². The minimum absolute atomic E-state index is 0.00116. The Kier molecular flexibility index (Phi) is 4.61. The lowest BCUT2D eigenvalue weighted by Crippen LogP contribution is -2.46. The van der Waals surface area contributed by atoms with Crippen LogP contribution in [0.1, 0.15) is 15.9 Å². The summed E-state index contributed by atoms with van der Waals surface area (Å²) in [4.78, 5) is 27.2. The van der Waals surface area contributed by atoms with E-state index in [-0.39, 0.29) is 6.42 Å². The Balaban J connectivity index is 2.12. The smallest absolute Gasteiger partial charge is 0.252 e. The topological polar surface area (TPSA) is 85.1 Å². The number of hydrogen-bond acceptors (Lipinski definition) is 3. The Bertz CT molecular complexity index is 646. The van der Waals surface area contributed by atoms with E-state index in [0.717, 1.165) is 0 Å². The number of nitrogens with zero attached hydrogens (tertiary/aromatic N) is 1. The minimum Gasteiger partial charge on any atom is -0.368 e. The van der Waals surface area contributed by atoms with Gasteiger partial charge in [-0.2, -0.15) is 0 Å². The quantitative estimate of drug-likeness (QED) is 0.862. The Morgan fingerprint density at radius 1 is 1.19 bits per heavy atom. The van der Waals surface area contributed by atoms with Gasteiger partial charge in [0, 0.05) is 24.4 Å². The molecule has 5 nitrogen and oxygen atoms in total. The first-order chi connectivity index (χ1) is 10.1. The van der Waals surface area contributed by atoms with Crippen molar-refractivity contribution in [3.05, 3.63) is 65.7 Å². The zero-order valence-electron chi connectivity index (χ0n) is 11.1. The second-order valence-electron chi connectivity index (χ2n) is 4.46. The molecule has 21 heavy (non-hydrogen) atoms. The maximum absolute atomic E-state index is 13.6. The van der Waals surface area contributed by atoms with Gasteiger partial charge < -0.3 is 11.1 Å². The number of benzene rings is 1. The predicted octanol–water partition coefficient (Wildman–Crippen LogP) is 1.05. The summed E-state index contributed by atoms with van der Waals surface area (Å²) in [7, 11) is 0. The van der Waals surface area contributed by atoms with E-state index in [2.05, 4.69) is 10.3 Å². The number of primary amides is 1. The third-order valence-electron chi connectivity index (χ3n) is 2.97. The average Bonchev–Trinajstić information content (AvgIpc) is 2.49. The molecule has 1 aromatic carbocycles. The molecule has 6 heteroatoms. The fraction of sp³-hybridized carbons (Fsp3) is 0.133. The average molecular weight is 287 g/mol. The van der Waals surface area contributed by atoms with E-state index in [4.69, 9.17) is 5.73 Å². The third kappa shape index (κ3) is 3.85. The molecular weight excluding hydrogens is 273 g/mol. The Labute approximate surface area is 121 Å². The summed E-state index contributed by atoms with van der Waals surface area (Å²) in [6.45, 7) is 0. The molecule has 2 rings (SSSR count). The van der Waals surface area contributed by atoms with Crippen molar-refractivity contribution < 1.29 is 14.0 Å². The normalized spacial score (nSPS) is 11.7. The number of aromatic nitrogens is 1. The maximum atomic E-state index is 13.6. The summed E-state index contributed by atoms with van der Waals surface area (Å²) in [5.41, 5.74) is 5.94. The molecule has 1 aromatic heterocycles. The Morgan fingerprint density at radius 3 is 2.48 bits per heavy atom. The van der Waals surface area contributed by atoms with E-state index < -0.39 is 23.7 Å². The van der Waals surface area contributed by atoms with Gasteiger partial charge in [-0.3, -0.25) is 14.6 Å². The van der Waals surface area contributed by atoms with Gasteiger partial charge in [-0.25, -0.2) is 4.39 Å². The van der Waals surface area contributed by atoms with Gasteiger partial charge in [0.05, 0.1) is 0 Å². The van der Waals surface area contributed by atoms with Crippen LogP contribution in [0, 0.1) is 5.82 Å². The number of carbonyl (C=O) groups excluding carboxylic acids is 2. The number of amides is 2. The van der Waals surface area contributed by atoms with E-state index in [9.17, 15) is 14.0 Å². The van der Waals surface area contributed by atoms with Crippen LogP contribution in [0.2, 0.25) is 0 Å². The van der Waals surface area contributed by atoms with Gasteiger partial charge in [-0.1, -0.05) is 18.2 Å². The highest BCUT2D eigenvalue weighted by Crippen LogP contribution is 2.09. The van der Waals surface area contributed by atoms with E-state index in [1.807, 2.05) is 0 Å². The second-order valence-corrected chi connectivity index (χ2v) is 4.46. The van der Waals surface area contributed by atoms with Crippen LogP contribution in [0.5, 0.6) is 0 Å². The zero-order valence-corrected chi connectivity index (χ0v) is 11.1. The highest BCUT2D eigenvalue weighted by molar-refractivity contribution is 5.97. The number of carbonyl (C=O) groups is 2. The molecule has 2 amide bonds. The molecule has 0 aliphatic rings. The minimum atomic E-state index is -0.984. The number of pyridine rings is 1. The van der Waals surface area contributed by atoms with Crippen LogP contribution in [0.25, 0.3) is 0 Å². The van der Waals surface area contributed by atoms with Gasteiger partial charge in [0.15, 0.2) is 0 Å². The van der Waals surface area contributed by atoms with E-state index in [0.29, 0.717) is 11.1 Å². The van der Waals surface area contributed by atoms with Crippen molar-refractivity contribution >= 4 is 11.8 Å². The summed E-state index contributed by atoms with van der Waals surface area (Å²) < 4.78 is 13.6. The van der Waals surface area contributed by atoms with Crippen LogP contribution < -0.4 is 11.1 Å². The van der Waals surface area contributed by atoms with Crippen molar-refractivity contribution in [1.29, 1.82) is 0 Å². The van der Waals surface area contributed by atoms with Crippen molar-refractivity contribution in [2.45, 2.75) is 12.5 Å². The Hall–Kier alpha value is -2.76. The molecule has 0 saturated heterocycles. The van der Waals surface area contributed by atoms with Gasteiger partial charge >= 0.3 is 0 Å². The molecule has 0 radical (unpaired) electrons. The van der Waals surface area contributed by atoms with E-state index >= 15 is 0 Å². The maximum Gasteiger partial charge on any atom is 0.252 e. The fourth-order valence-electron chi connectivity index (χ4n) is 1.85. The predicted molar refractivity (Wildman–Crippen MR) is 74.8 cm³/mol. The van der Waals surface area contributed by atoms with Gasteiger partial charge in [-0.15, -0.1) is 0 Å². The lowest BCUT2D eigenvalue weighted by Gasteiger charge is -2.16. The molecule has 2 aromatic rings. The number of nitrogens with two attached hydrogens (primary N) is 1. The van der Waals surface area contributed by atoms with Crippen molar-refractivity contribution in [3.63, 3.8) is 0 Å². The number of hydrogen-bond donors (Lipinski definition) is 2. The van der Waals surface area contributed by atoms with Crippen LogP contribution in [-0.2, 0) is 11.2 Å². The van der Waals surface area contributed by atoms with Crippen molar-refractivity contribution in [2.24, 2.45) is 5.73 Å². The van der Waals surface area contributed by atoms with Gasteiger partial charge in [0.25, 0.3) is 5.91 Å². The van der Waals surface area contributed by atoms with Crippen molar-refractivity contribution in [3.8, 4) is 0 Å². The van der Waals surface area contributed by atoms with Crippen LogP contribution in [-0.4, -0.2) is 22.8 Å². The molecular formula is C15H14FN3O2. The van der Waals surface area contributed by atoms with Gasteiger partial charge in [-0.05, 0) is 23.8 Å². The molecule has 108 valence electrons. The van der Waals surface area contributed by atoms with E-state index in [1.54, 1.807) is 18.2 Å². The molecule has 0 aliphatic heterocycles. The van der Waals surface area contributed by atoms with Gasteiger partial charge in [0.2, 0.25) is 5.91 Å². The summed E-state index contributed by atoms with van der Waals surface area (Å²) in [5.74, 6) is -1.62. The van der Waals surface area contributed by atoms with Crippen LogP contribution in [0.15, 0.2) is 48.8 Å². The summed E-state index contributed by atoms with van der Waals surface area (Å²) >= 11 is 0. The van der Waals surface area contributed by atoms with Crippen LogP contribution >= 0.6 is 0 Å².